The topological polar surface area (TPSA) is 21.3 Å². The molecule has 2 nitrogen and oxygen atoms in total. The fourth-order valence-electron chi connectivity index (χ4n) is 2.14. The van der Waals surface area contributed by atoms with E-state index in [4.69, 9.17) is 4.74 Å². The Morgan fingerprint density at radius 3 is 2.59 bits per heavy atom. The molecule has 0 aliphatic carbocycles. The van der Waals surface area contributed by atoms with Crippen LogP contribution >= 0.6 is 0 Å². The van der Waals surface area contributed by atoms with Gasteiger partial charge in [0.15, 0.2) is 0 Å². The molecule has 0 fully saturated rings. The molecule has 0 amide bonds. The minimum atomic E-state index is 0.720. The summed E-state index contributed by atoms with van der Waals surface area (Å²) in [5.74, 6) is 1.73. The molecule has 0 saturated carbocycles. The largest absolute Gasteiger partial charge is 0.494 e. The molecule has 0 radical (unpaired) electrons. The van der Waals surface area contributed by atoms with Crippen LogP contribution in [0.4, 0.5) is 0 Å². The van der Waals surface area contributed by atoms with Crippen molar-refractivity contribution >= 4 is 0 Å². The average Bonchev–Trinajstić information content (AvgIpc) is 2.32. The number of hydrogen-bond donors (Lipinski definition) is 1. The van der Waals surface area contributed by atoms with Gasteiger partial charge in [0, 0.05) is 0 Å². The minimum absolute atomic E-state index is 0.720. The summed E-state index contributed by atoms with van der Waals surface area (Å²) < 4.78 is 5.56. The zero-order valence-electron chi connectivity index (χ0n) is 11.5. The molecule has 1 aromatic rings. The number of aryl methyl sites for hydroxylation is 1. The molecule has 1 aromatic carbocycles. The third-order valence-corrected chi connectivity index (χ3v) is 3.13. The first-order chi connectivity index (χ1) is 8.21. The van der Waals surface area contributed by atoms with Crippen LogP contribution in [0.15, 0.2) is 18.2 Å². The molecule has 1 rings (SSSR count). The molecular formula is C15H25NO. The van der Waals surface area contributed by atoms with Gasteiger partial charge in [-0.1, -0.05) is 25.5 Å². The van der Waals surface area contributed by atoms with Crippen LogP contribution in [-0.2, 0) is 6.42 Å². The predicted molar refractivity (Wildman–Crippen MR) is 73.8 cm³/mol. The highest BCUT2D eigenvalue weighted by atomic mass is 16.5. The molecule has 0 bridgehead atoms. The monoisotopic (exact) mass is 235 g/mol. The van der Waals surface area contributed by atoms with Crippen molar-refractivity contribution < 1.29 is 4.74 Å². The quantitative estimate of drug-likeness (QED) is 0.783. The van der Waals surface area contributed by atoms with Crippen LogP contribution < -0.4 is 10.1 Å². The van der Waals surface area contributed by atoms with Crippen molar-refractivity contribution in [3.63, 3.8) is 0 Å². The Hall–Kier alpha value is -1.02. The van der Waals surface area contributed by atoms with E-state index in [-0.39, 0.29) is 0 Å². The van der Waals surface area contributed by atoms with Crippen LogP contribution in [0.1, 0.15) is 31.4 Å². The van der Waals surface area contributed by atoms with Crippen LogP contribution in [-0.4, -0.2) is 20.2 Å². The first-order valence-electron chi connectivity index (χ1n) is 6.58. The number of rotatable bonds is 7. The summed E-state index contributed by atoms with van der Waals surface area (Å²) in [6.07, 6.45) is 2.36. The van der Waals surface area contributed by atoms with Crippen molar-refractivity contribution in [3.8, 4) is 5.75 Å². The van der Waals surface area contributed by atoms with Gasteiger partial charge in [0.2, 0.25) is 0 Å². The van der Waals surface area contributed by atoms with Gasteiger partial charge in [-0.2, -0.15) is 0 Å². The van der Waals surface area contributed by atoms with Crippen molar-refractivity contribution in [2.24, 2.45) is 5.92 Å². The molecular weight excluding hydrogens is 210 g/mol. The van der Waals surface area contributed by atoms with E-state index < -0.39 is 0 Å². The van der Waals surface area contributed by atoms with Crippen LogP contribution in [0.25, 0.3) is 0 Å². The van der Waals surface area contributed by atoms with Crippen molar-refractivity contribution in [2.75, 3.05) is 20.2 Å². The Balaban J connectivity index is 2.68. The lowest BCUT2D eigenvalue weighted by Crippen LogP contribution is -2.20. The normalized spacial score (nSPS) is 12.5. The maximum Gasteiger partial charge on any atom is 0.122 e. The average molecular weight is 235 g/mol. The fraction of sp³-hybridized carbons (Fsp3) is 0.600. The highest BCUT2D eigenvalue weighted by Gasteiger charge is 2.08. The van der Waals surface area contributed by atoms with Gasteiger partial charge in [-0.25, -0.2) is 0 Å². The smallest absolute Gasteiger partial charge is 0.122 e. The number of hydrogen-bond acceptors (Lipinski definition) is 2. The highest BCUT2D eigenvalue weighted by Crippen LogP contribution is 2.21. The Morgan fingerprint density at radius 2 is 2.06 bits per heavy atom. The number of nitrogens with one attached hydrogen (secondary N) is 1. The maximum atomic E-state index is 5.56. The summed E-state index contributed by atoms with van der Waals surface area (Å²) in [6.45, 7) is 8.21. The molecule has 1 N–H and O–H groups in total. The van der Waals surface area contributed by atoms with E-state index in [1.807, 2.05) is 14.0 Å². The van der Waals surface area contributed by atoms with E-state index in [2.05, 4.69) is 37.4 Å². The Labute approximate surface area is 105 Å². The van der Waals surface area contributed by atoms with Gasteiger partial charge < -0.3 is 10.1 Å². The van der Waals surface area contributed by atoms with Gasteiger partial charge in [-0.05, 0) is 57.0 Å². The molecule has 0 aromatic heterocycles. The van der Waals surface area contributed by atoms with Crippen molar-refractivity contribution in [1.82, 2.24) is 5.32 Å². The lowest BCUT2D eigenvalue weighted by atomic mass is 9.96. The van der Waals surface area contributed by atoms with E-state index in [1.165, 1.54) is 17.5 Å². The fourth-order valence-corrected chi connectivity index (χ4v) is 2.14. The van der Waals surface area contributed by atoms with Crippen molar-refractivity contribution in [2.45, 2.75) is 33.6 Å². The Bertz CT molecular complexity index is 336. The van der Waals surface area contributed by atoms with Crippen LogP contribution in [0.3, 0.4) is 0 Å². The summed E-state index contributed by atoms with van der Waals surface area (Å²) in [7, 11) is 2.02. The summed E-state index contributed by atoms with van der Waals surface area (Å²) in [5, 5.41) is 3.26. The minimum Gasteiger partial charge on any atom is -0.494 e. The Kier molecular flexibility index (Phi) is 6.06. The van der Waals surface area contributed by atoms with Gasteiger partial charge in [-0.3, -0.25) is 0 Å². The van der Waals surface area contributed by atoms with Gasteiger partial charge in [0.05, 0.1) is 6.61 Å². The summed E-state index contributed by atoms with van der Waals surface area (Å²) >= 11 is 0. The maximum absolute atomic E-state index is 5.56. The summed E-state index contributed by atoms with van der Waals surface area (Å²) in [6, 6.07) is 6.54. The molecule has 0 heterocycles. The predicted octanol–water partition coefficient (Wildman–Crippen LogP) is 3.18. The molecule has 0 aliphatic heterocycles. The Morgan fingerprint density at radius 1 is 1.29 bits per heavy atom. The van der Waals surface area contributed by atoms with E-state index in [0.29, 0.717) is 0 Å². The van der Waals surface area contributed by atoms with Gasteiger partial charge >= 0.3 is 0 Å². The van der Waals surface area contributed by atoms with Crippen molar-refractivity contribution in [1.29, 1.82) is 0 Å². The van der Waals surface area contributed by atoms with Crippen molar-refractivity contribution in [3.05, 3.63) is 29.3 Å². The molecule has 96 valence electrons. The first kappa shape index (κ1) is 14.0. The molecule has 0 saturated heterocycles. The lowest BCUT2D eigenvalue weighted by molar-refractivity contribution is 0.337. The third-order valence-electron chi connectivity index (χ3n) is 3.13. The van der Waals surface area contributed by atoms with Gasteiger partial charge in [-0.15, -0.1) is 0 Å². The zero-order valence-corrected chi connectivity index (χ0v) is 11.5. The molecule has 0 aliphatic rings. The highest BCUT2D eigenvalue weighted by molar-refractivity contribution is 5.36. The molecule has 17 heavy (non-hydrogen) atoms. The summed E-state index contributed by atoms with van der Waals surface area (Å²) in [4.78, 5) is 0. The third kappa shape index (κ3) is 4.39. The summed E-state index contributed by atoms with van der Waals surface area (Å²) in [5.41, 5.74) is 2.65. The second kappa shape index (κ2) is 7.33. The van der Waals surface area contributed by atoms with Crippen LogP contribution in [0, 0.1) is 12.8 Å². The second-order valence-electron chi connectivity index (χ2n) is 4.57. The molecule has 1 atom stereocenters. The first-order valence-corrected chi connectivity index (χ1v) is 6.58. The molecule has 2 heteroatoms. The number of ether oxygens (including phenoxy) is 1. The van der Waals surface area contributed by atoms with Gasteiger partial charge in [0.1, 0.15) is 5.75 Å². The number of benzene rings is 1. The van der Waals surface area contributed by atoms with E-state index in [9.17, 15) is 0 Å². The van der Waals surface area contributed by atoms with Crippen LogP contribution in [0.5, 0.6) is 5.75 Å². The lowest BCUT2D eigenvalue weighted by Gasteiger charge is -2.15. The van der Waals surface area contributed by atoms with Gasteiger partial charge in [0.25, 0.3) is 0 Å². The second-order valence-corrected chi connectivity index (χ2v) is 4.57. The van der Waals surface area contributed by atoms with E-state index in [0.717, 1.165) is 31.2 Å². The SMILES string of the molecule is CCOc1ccc(CC(CC)CNC)cc1C. The molecule has 1 unspecified atom stereocenters. The standard InChI is InChI=1S/C15H25NO/c1-5-13(11-16-4)10-14-7-8-15(17-6-2)12(3)9-14/h7-9,13,16H,5-6,10-11H2,1-4H3. The zero-order chi connectivity index (χ0) is 12.7. The van der Waals surface area contributed by atoms with E-state index in [1.54, 1.807) is 0 Å². The van der Waals surface area contributed by atoms with Crippen LogP contribution in [0.2, 0.25) is 0 Å². The van der Waals surface area contributed by atoms with E-state index >= 15 is 0 Å². The molecule has 0 spiro atoms.